The van der Waals surface area contributed by atoms with Gasteiger partial charge in [-0.1, -0.05) is 139 Å². The Kier molecular flexibility index (Phi) is 16.3. The Balaban J connectivity index is 1.07. The molecule has 220 valence electrons. The maximum Gasteiger partial charge on any atom is 0.305 e. The number of esters is 1. The van der Waals surface area contributed by atoms with Crippen LogP contribution in [0.25, 0.3) is 21.5 Å². The van der Waals surface area contributed by atoms with Crippen LogP contribution in [0.5, 0.6) is 5.75 Å². The Labute approximate surface area is 244 Å². The van der Waals surface area contributed by atoms with E-state index in [-0.39, 0.29) is 5.97 Å². The molecule has 3 nitrogen and oxygen atoms in total. The lowest BCUT2D eigenvalue weighted by Crippen LogP contribution is -2.03. The van der Waals surface area contributed by atoms with Gasteiger partial charge in [-0.15, -0.1) is 0 Å². The summed E-state index contributed by atoms with van der Waals surface area (Å²) in [4.78, 5) is 11.3. The van der Waals surface area contributed by atoms with Crippen LogP contribution in [0.1, 0.15) is 129 Å². The van der Waals surface area contributed by atoms with Crippen molar-refractivity contribution in [1.82, 2.24) is 0 Å². The largest absolute Gasteiger partial charge is 0.493 e. The average Bonchev–Trinajstić information content (AvgIpc) is 2.97. The summed E-state index contributed by atoms with van der Waals surface area (Å²) < 4.78 is 11.2. The van der Waals surface area contributed by atoms with Gasteiger partial charge in [0.25, 0.3) is 0 Å². The van der Waals surface area contributed by atoms with E-state index in [0.717, 1.165) is 31.6 Å². The molecular weight excluding hydrogens is 492 g/mol. The quantitative estimate of drug-likeness (QED) is 0.0674. The molecule has 0 aliphatic rings. The molecule has 3 aromatic carbocycles. The highest BCUT2D eigenvalue weighted by Gasteiger charge is 2.04. The van der Waals surface area contributed by atoms with Crippen molar-refractivity contribution in [3.63, 3.8) is 0 Å². The van der Waals surface area contributed by atoms with Gasteiger partial charge in [0, 0.05) is 11.8 Å². The number of carbonyl (C=O) groups is 1. The molecule has 0 N–H and O–H groups in total. The lowest BCUT2D eigenvalue weighted by Gasteiger charge is -2.10. The molecule has 0 heterocycles. The summed E-state index contributed by atoms with van der Waals surface area (Å²) in [5.74, 6) is 0.981. The first-order valence-corrected chi connectivity index (χ1v) is 16.5. The molecule has 3 aromatic rings. The SMILES string of the molecule is CCOC(=O)CCCCCCCCCCCCCCCCCCCCOc1cccc2cc3ccccc3cc12. The highest BCUT2D eigenvalue weighted by molar-refractivity contribution is 6.00. The summed E-state index contributed by atoms with van der Waals surface area (Å²) in [7, 11) is 0. The summed E-state index contributed by atoms with van der Waals surface area (Å²) in [6, 6.07) is 19.5. The standard InChI is InChI=1S/C37H54O3/c1-2-39-37(38)28-19-17-15-13-11-9-7-5-3-4-6-8-10-12-14-16-18-22-29-40-36-27-23-26-34-30-32-24-20-21-25-33(32)31-35(34)36/h20-21,23-27,30-31H,2-19,22,28-29H2,1H3. The summed E-state index contributed by atoms with van der Waals surface area (Å²) in [5, 5.41) is 5.03. The molecule has 0 fully saturated rings. The van der Waals surface area contributed by atoms with Crippen molar-refractivity contribution >= 4 is 27.5 Å². The van der Waals surface area contributed by atoms with E-state index in [1.54, 1.807) is 0 Å². The van der Waals surface area contributed by atoms with Gasteiger partial charge in [0.2, 0.25) is 0 Å². The van der Waals surface area contributed by atoms with Gasteiger partial charge in [0.05, 0.1) is 13.2 Å². The van der Waals surface area contributed by atoms with Gasteiger partial charge >= 0.3 is 5.97 Å². The number of hydrogen-bond donors (Lipinski definition) is 0. The first-order chi connectivity index (χ1) is 19.8. The fourth-order valence-corrected chi connectivity index (χ4v) is 5.68. The van der Waals surface area contributed by atoms with Crippen LogP contribution in [0.3, 0.4) is 0 Å². The maximum atomic E-state index is 11.3. The Morgan fingerprint density at radius 2 is 1.02 bits per heavy atom. The lowest BCUT2D eigenvalue weighted by molar-refractivity contribution is -0.143. The number of rotatable bonds is 23. The van der Waals surface area contributed by atoms with Crippen LogP contribution in [0.2, 0.25) is 0 Å². The van der Waals surface area contributed by atoms with Gasteiger partial charge in [-0.2, -0.15) is 0 Å². The molecule has 3 heteroatoms. The molecule has 0 unspecified atom stereocenters. The molecule has 0 atom stereocenters. The Bertz CT molecular complexity index is 1090. The van der Waals surface area contributed by atoms with Crippen molar-refractivity contribution in [2.45, 2.75) is 129 Å². The second-order valence-corrected chi connectivity index (χ2v) is 11.4. The van der Waals surface area contributed by atoms with E-state index in [9.17, 15) is 4.79 Å². The van der Waals surface area contributed by atoms with Crippen molar-refractivity contribution in [1.29, 1.82) is 0 Å². The fraction of sp³-hybridized carbons (Fsp3) is 0.595. The van der Waals surface area contributed by atoms with Crippen LogP contribution in [-0.2, 0) is 9.53 Å². The van der Waals surface area contributed by atoms with E-state index in [1.165, 1.54) is 118 Å². The van der Waals surface area contributed by atoms with Crippen LogP contribution in [0.4, 0.5) is 0 Å². The van der Waals surface area contributed by atoms with Gasteiger partial charge in [-0.05, 0) is 54.1 Å². The molecule has 40 heavy (non-hydrogen) atoms. The van der Waals surface area contributed by atoms with Crippen molar-refractivity contribution in [3.05, 3.63) is 54.6 Å². The minimum Gasteiger partial charge on any atom is -0.493 e. The highest BCUT2D eigenvalue weighted by Crippen LogP contribution is 2.30. The summed E-state index contributed by atoms with van der Waals surface area (Å²) >= 11 is 0. The topological polar surface area (TPSA) is 35.5 Å². The average molecular weight is 547 g/mol. The first-order valence-electron chi connectivity index (χ1n) is 16.5. The zero-order valence-corrected chi connectivity index (χ0v) is 25.3. The van der Waals surface area contributed by atoms with Crippen molar-refractivity contribution in [2.24, 2.45) is 0 Å². The molecule has 0 saturated heterocycles. The summed E-state index contributed by atoms with van der Waals surface area (Å²) in [5.41, 5.74) is 0. The van der Waals surface area contributed by atoms with Crippen molar-refractivity contribution < 1.29 is 14.3 Å². The third-order valence-electron chi connectivity index (χ3n) is 8.04. The van der Waals surface area contributed by atoms with E-state index < -0.39 is 0 Å². The van der Waals surface area contributed by atoms with Gasteiger partial charge in [0.1, 0.15) is 5.75 Å². The van der Waals surface area contributed by atoms with Gasteiger partial charge < -0.3 is 9.47 Å². The predicted molar refractivity (Wildman–Crippen MR) is 171 cm³/mol. The van der Waals surface area contributed by atoms with E-state index >= 15 is 0 Å². The van der Waals surface area contributed by atoms with Gasteiger partial charge in [-0.25, -0.2) is 0 Å². The lowest BCUT2D eigenvalue weighted by atomic mass is 10.0. The summed E-state index contributed by atoms with van der Waals surface area (Å²) in [6.07, 6.45) is 24.4. The molecule has 0 amide bonds. The van der Waals surface area contributed by atoms with Gasteiger partial charge in [-0.3, -0.25) is 4.79 Å². The van der Waals surface area contributed by atoms with Crippen LogP contribution < -0.4 is 4.74 Å². The molecule has 0 bridgehead atoms. The molecule has 0 aliphatic heterocycles. The number of ether oxygens (including phenoxy) is 2. The summed E-state index contributed by atoms with van der Waals surface area (Å²) in [6.45, 7) is 3.18. The second kappa shape index (κ2) is 20.3. The number of hydrogen-bond acceptors (Lipinski definition) is 3. The second-order valence-electron chi connectivity index (χ2n) is 11.4. The van der Waals surface area contributed by atoms with E-state index in [1.807, 2.05) is 6.92 Å². The minimum atomic E-state index is -0.0357. The minimum absolute atomic E-state index is 0.0357. The van der Waals surface area contributed by atoms with E-state index in [2.05, 4.69) is 54.6 Å². The third-order valence-corrected chi connectivity index (χ3v) is 8.04. The highest BCUT2D eigenvalue weighted by atomic mass is 16.5. The number of benzene rings is 3. The molecule has 0 aliphatic carbocycles. The maximum absolute atomic E-state index is 11.3. The van der Waals surface area contributed by atoms with Gasteiger partial charge in [0.15, 0.2) is 0 Å². The molecular formula is C37H54O3. The third kappa shape index (κ3) is 12.7. The zero-order valence-electron chi connectivity index (χ0n) is 25.3. The number of fused-ring (bicyclic) bond motifs is 2. The van der Waals surface area contributed by atoms with Crippen molar-refractivity contribution in [2.75, 3.05) is 13.2 Å². The smallest absolute Gasteiger partial charge is 0.305 e. The number of unbranched alkanes of at least 4 members (excludes halogenated alkanes) is 17. The zero-order chi connectivity index (χ0) is 28.1. The fourth-order valence-electron chi connectivity index (χ4n) is 5.68. The Hall–Kier alpha value is -2.55. The molecule has 0 radical (unpaired) electrons. The Morgan fingerprint density at radius 3 is 1.57 bits per heavy atom. The molecule has 0 spiro atoms. The Morgan fingerprint density at radius 1 is 0.550 bits per heavy atom. The normalized spacial score (nSPS) is 11.3. The van der Waals surface area contributed by atoms with Crippen LogP contribution in [0, 0.1) is 0 Å². The molecule has 0 aromatic heterocycles. The molecule has 3 rings (SSSR count). The van der Waals surface area contributed by atoms with E-state index in [0.29, 0.717) is 13.0 Å². The monoisotopic (exact) mass is 546 g/mol. The number of carbonyl (C=O) groups excluding carboxylic acids is 1. The van der Waals surface area contributed by atoms with Crippen molar-refractivity contribution in [3.8, 4) is 5.75 Å². The molecule has 0 saturated carbocycles. The predicted octanol–water partition coefficient (Wildman–Crippen LogP) is 11.3. The van der Waals surface area contributed by atoms with Crippen LogP contribution >= 0.6 is 0 Å². The van der Waals surface area contributed by atoms with E-state index in [4.69, 9.17) is 9.47 Å². The van der Waals surface area contributed by atoms with Crippen LogP contribution in [0.15, 0.2) is 54.6 Å². The first kappa shape index (κ1) is 32.0. The van der Waals surface area contributed by atoms with Crippen LogP contribution in [-0.4, -0.2) is 19.2 Å².